The van der Waals surface area contributed by atoms with Crippen LogP contribution in [0.5, 0.6) is 0 Å². The summed E-state index contributed by atoms with van der Waals surface area (Å²) in [6.45, 7) is 0. The molecule has 0 aromatic heterocycles. The highest BCUT2D eigenvalue weighted by atomic mass is 35.5. The molecule has 0 bridgehead atoms. The van der Waals surface area contributed by atoms with Crippen molar-refractivity contribution in [3.63, 3.8) is 0 Å². The van der Waals surface area contributed by atoms with E-state index in [0.717, 1.165) is 25.7 Å². The molecule has 6 nitrogen and oxygen atoms in total. The number of halogens is 1. The lowest BCUT2D eigenvalue weighted by atomic mass is 10.0. The van der Waals surface area contributed by atoms with Crippen LogP contribution in [0, 0.1) is 0 Å². The first-order chi connectivity index (χ1) is 16.3. The van der Waals surface area contributed by atoms with Crippen LogP contribution in [-0.4, -0.2) is 37.5 Å². The molecule has 3 aromatic carbocycles. The fourth-order valence-electron chi connectivity index (χ4n) is 4.16. The van der Waals surface area contributed by atoms with Crippen molar-refractivity contribution in [2.45, 2.75) is 36.6 Å². The van der Waals surface area contributed by atoms with Crippen molar-refractivity contribution in [2.24, 2.45) is 0 Å². The van der Waals surface area contributed by atoms with Crippen LogP contribution >= 0.6 is 11.6 Å². The highest BCUT2D eigenvalue weighted by molar-refractivity contribution is 7.89. The van der Waals surface area contributed by atoms with Gasteiger partial charge in [-0.3, -0.25) is 9.59 Å². The number of carbonyl (C=O) groups excluding carboxylic acids is 2. The quantitative estimate of drug-likeness (QED) is 0.445. The summed E-state index contributed by atoms with van der Waals surface area (Å²) in [6, 6.07) is 19.2. The number of nitrogens with one attached hydrogen (secondary N) is 1. The molecule has 1 N–H and O–H groups in total. The van der Waals surface area contributed by atoms with Crippen molar-refractivity contribution in [3.8, 4) is 0 Å². The zero-order valence-electron chi connectivity index (χ0n) is 18.7. The second-order valence-electron chi connectivity index (χ2n) is 8.32. The van der Waals surface area contributed by atoms with E-state index in [1.165, 1.54) is 34.6 Å². The zero-order valence-corrected chi connectivity index (χ0v) is 20.3. The Kier molecular flexibility index (Phi) is 7.16. The lowest BCUT2D eigenvalue weighted by Crippen LogP contribution is -2.35. The topological polar surface area (TPSA) is 83.6 Å². The molecular weight excluding hydrogens is 472 g/mol. The van der Waals surface area contributed by atoms with E-state index >= 15 is 0 Å². The third-order valence-electron chi connectivity index (χ3n) is 6.14. The van der Waals surface area contributed by atoms with Gasteiger partial charge >= 0.3 is 0 Å². The average molecular weight is 497 g/mol. The Morgan fingerprint density at radius 1 is 0.912 bits per heavy atom. The first-order valence-electron chi connectivity index (χ1n) is 11.1. The summed E-state index contributed by atoms with van der Waals surface area (Å²) in [6.07, 6.45) is 3.79. The Bertz CT molecular complexity index is 1300. The molecule has 0 heterocycles. The molecule has 1 amide bonds. The number of carbonyl (C=O) groups is 2. The molecule has 3 aromatic rings. The van der Waals surface area contributed by atoms with Gasteiger partial charge in [0.05, 0.1) is 10.6 Å². The van der Waals surface area contributed by atoms with E-state index in [1.54, 1.807) is 43.4 Å². The van der Waals surface area contributed by atoms with Gasteiger partial charge in [-0.15, -0.1) is 0 Å². The molecule has 0 radical (unpaired) electrons. The number of benzene rings is 3. The van der Waals surface area contributed by atoms with Crippen LogP contribution in [0.2, 0.25) is 5.02 Å². The third-order valence-corrected chi connectivity index (χ3v) is 8.30. The van der Waals surface area contributed by atoms with Gasteiger partial charge in [0.2, 0.25) is 10.0 Å². The van der Waals surface area contributed by atoms with Crippen molar-refractivity contribution in [2.75, 3.05) is 12.4 Å². The molecule has 1 saturated carbocycles. The zero-order chi connectivity index (χ0) is 24.3. The highest BCUT2D eigenvalue weighted by Gasteiger charge is 2.30. The van der Waals surface area contributed by atoms with Gasteiger partial charge in [-0.05, 0) is 55.3 Å². The standard InChI is InChI=1S/C26H25ClN2O4S/c1-29(21-9-5-6-10-21)34(32,33)22-14-11-19(12-15-22)26(31)28-24-16-13-20(27)17-23(24)25(30)18-7-3-2-4-8-18/h2-4,7-8,11-17,21H,5-6,9-10H2,1H3,(H,28,31). The van der Waals surface area contributed by atoms with Crippen LogP contribution in [0.3, 0.4) is 0 Å². The van der Waals surface area contributed by atoms with Crippen LogP contribution in [0.4, 0.5) is 5.69 Å². The molecule has 0 atom stereocenters. The molecule has 34 heavy (non-hydrogen) atoms. The number of nitrogens with zero attached hydrogens (tertiary/aromatic N) is 1. The molecule has 176 valence electrons. The number of rotatable bonds is 7. The van der Waals surface area contributed by atoms with Gasteiger partial charge in [-0.1, -0.05) is 54.8 Å². The van der Waals surface area contributed by atoms with Gasteiger partial charge in [0, 0.05) is 34.8 Å². The Morgan fingerprint density at radius 3 is 2.21 bits per heavy atom. The second-order valence-corrected chi connectivity index (χ2v) is 10.8. The van der Waals surface area contributed by atoms with Crippen molar-refractivity contribution >= 4 is 39.0 Å². The molecule has 0 unspecified atom stereocenters. The van der Waals surface area contributed by atoms with Crippen molar-refractivity contribution < 1.29 is 18.0 Å². The van der Waals surface area contributed by atoms with Gasteiger partial charge in [-0.2, -0.15) is 4.31 Å². The first kappa shape index (κ1) is 24.1. The number of anilines is 1. The third kappa shape index (κ3) is 5.06. The van der Waals surface area contributed by atoms with Gasteiger partial charge in [0.25, 0.3) is 5.91 Å². The van der Waals surface area contributed by atoms with Crippen LogP contribution in [0.15, 0.2) is 77.7 Å². The maximum absolute atomic E-state index is 13.0. The minimum absolute atomic E-state index is 0.0125. The van der Waals surface area contributed by atoms with E-state index in [2.05, 4.69) is 5.32 Å². The summed E-state index contributed by atoms with van der Waals surface area (Å²) < 4.78 is 27.3. The molecule has 0 spiro atoms. The van der Waals surface area contributed by atoms with E-state index in [4.69, 9.17) is 11.6 Å². The highest BCUT2D eigenvalue weighted by Crippen LogP contribution is 2.28. The van der Waals surface area contributed by atoms with Crippen LogP contribution < -0.4 is 5.32 Å². The maximum atomic E-state index is 13.0. The minimum atomic E-state index is -3.63. The molecule has 0 aliphatic heterocycles. The lowest BCUT2D eigenvalue weighted by Gasteiger charge is -2.23. The maximum Gasteiger partial charge on any atom is 0.255 e. The van der Waals surface area contributed by atoms with Gasteiger partial charge in [0.1, 0.15) is 0 Å². The SMILES string of the molecule is CN(C1CCCC1)S(=O)(=O)c1ccc(C(=O)Nc2ccc(Cl)cc2C(=O)c2ccccc2)cc1. The van der Waals surface area contributed by atoms with Crippen molar-refractivity contribution in [3.05, 3.63) is 94.5 Å². The summed E-state index contributed by atoms with van der Waals surface area (Å²) in [7, 11) is -2.03. The molecule has 1 aliphatic carbocycles. The van der Waals surface area contributed by atoms with Crippen LogP contribution in [0.25, 0.3) is 0 Å². The van der Waals surface area contributed by atoms with Gasteiger partial charge in [-0.25, -0.2) is 8.42 Å². The van der Waals surface area contributed by atoms with E-state index in [0.29, 0.717) is 16.3 Å². The average Bonchev–Trinajstić information content (AvgIpc) is 3.39. The molecule has 0 saturated heterocycles. The van der Waals surface area contributed by atoms with E-state index in [-0.39, 0.29) is 27.8 Å². The normalized spacial score (nSPS) is 14.3. The molecule has 1 aliphatic rings. The summed E-state index contributed by atoms with van der Waals surface area (Å²) in [4.78, 5) is 26.0. The largest absolute Gasteiger partial charge is 0.321 e. The molecule has 1 fully saturated rings. The fraction of sp³-hybridized carbons (Fsp3) is 0.231. The summed E-state index contributed by atoms with van der Waals surface area (Å²) in [5, 5.41) is 3.13. The Hall–Kier alpha value is -3.00. The van der Waals surface area contributed by atoms with Crippen molar-refractivity contribution in [1.29, 1.82) is 0 Å². The molecule has 8 heteroatoms. The number of ketones is 1. The monoisotopic (exact) mass is 496 g/mol. The Labute approximate surface area is 204 Å². The van der Waals surface area contributed by atoms with Gasteiger partial charge < -0.3 is 5.32 Å². The summed E-state index contributed by atoms with van der Waals surface area (Å²) in [5.41, 5.74) is 1.34. The van der Waals surface area contributed by atoms with Crippen molar-refractivity contribution in [1.82, 2.24) is 4.31 Å². The smallest absolute Gasteiger partial charge is 0.255 e. The number of hydrogen-bond acceptors (Lipinski definition) is 4. The lowest BCUT2D eigenvalue weighted by molar-refractivity contribution is 0.102. The number of hydrogen-bond donors (Lipinski definition) is 1. The predicted molar refractivity (Wildman–Crippen MR) is 133 cm³/mol. The minimum Gasteiger partial charge on any atom is -0.321 e. The van der Waals surface area contributed by atoms with E-state index in [9.17, 15) is 18.0 Å². The molecular formula is C26H25ClN2O4S. The summed E-state index contributed by atoms with van der Waals surface area (Å²) in [5.74, 6) is -0.729. The van der Waals surface area contributed by atoms with Crippen LogP contribution in [-0.2, 0) is 10.0 Å². The van der Waals surface area contributed by atoms with E-state index < -0.39 is 15.9 Å². The van der Waals surface area contributed by atoms with E-state index in [1.807, 2.05) is 6.07 Å². The van der Waals surface area contributed by atoms with Gasteiger partial charge in [0.15, 0.2) is 5.78 Å². The summed E-state index contributed by atoms with van der Waals surface area (Å²) >= 11 is 6.11. The Morgan fingerprint density at radius 2 is 1.56 bits per heavy atom. The fourth-order valence-corrected chi connectivity index (χ4v) is 5.75. The number of amides is 1. The predicted octanol–water partition coefficient (Wildman–Crippen LogP) is 5.39. The Balaban J connectivity index is 1.54. The van der Waals surface area contributed by atoms with Crippen LogP contribution in [0.1, 0.15) is 52.0 Å². The second kappa shape index (κ2) is 10.1. The number of sulfonamides is 1. The first-order valence-corrected chi connectivity index (χ1v) is 12.9. The molecule has 4 rings (SSSR count).